The lowest BCUT2D eigenvalue weighted by Crippen LogP contribution is -2.49. The van der Waals surface area contributed by atoms with Crippen molar-refractivity contribution in [3.05, 3.63) is 35.9 Å². The molecule has 4 heteroatoms. The second-order valence-corrected chi connectivity index (χ2v) is 6.43. The molecule has 0 bridgehead atoms. The van der Waals surface area contributed by atoms with E-state index in [1.807, 2.05) is 6.07 Å². The van der Waals surface area contributed by atoms with Gasteiger partial charge < -0.3 is 10.6 Å². The maximum atomic E-state index is 12.4. The normalized spacial score (nSPS) is 24.0. The van der Waals surface area contributed by atoms with Gasteiger partial charge in [0.05, 0.1) is 6.04 Å². The maximum absolute atomic E-state index is 12.4. The number of carbonyl (C=O) groups is 1. The quantitative estimate of drug-likeness (QED) is 0.895. The smallest absolute Gasteiger partial charge is 0.239 e. The molecule has 0 spiro atoms. The van der Waals surface area contributed by atoms with Crippen molar-refractivity contribution in [1.29, 1.82) is 0 Å². The first-order chi connectivity index (χ1) is 10.1. The Labute approximate surface area is 126 Å². The molecule has 1 amide bonds. The fraction of sp³-hybridized carbons (Fsp3) is 0.588. The van der Waals surface area contributed by atoms with Gasteiger partial charge in [-0.1, -0.05) is 30.3 Å². The summed E-state index contributed by atoms with van der Waals surface area (Å²) in [7, 11) is 0. The van der Waals surface area contributed by atoms with Crippen LogP contribution in [0.15, 0.2) is 30.3 Å². The largest absolute Gasteiger partial charge is 0.334 e. The Kier molecular flexibility index (Phi) is 4.27. The van der Waals surface area contributed by atoms with Gasteiger partial charge >= 0.3 is 0 Å². The number of nitrogens with zero attached hydrogens (tertiary/aromatic N) is 2. The first kappa shape index (κ1) is 14.5. The van der Waals surface area contributed by atoms with Gasteiger partial charge in [0.15, 0.2) is 0 Å². The summed E-state index contributed by atoms with van der Waals surface area (Å²) in [5, 5.41) is 0. The highest BCUT2D eigenvalue weighted by Gasteiger charge is 2.40. The highest BCUT2D eigenvalue weighted by atomic mass is 16.2. The minimum atomic E-state index is -0.381. The van der Waals surface area contributed by atoms with Gasteiger partial charge in [-0.2, -0.15) is 0 Å². The van der Waals surface area contributed by atoms with Crippen molar-refractivity contribution in [3.63, 3.8) is 0 Å². The van der Waals surface area contributed by atoms with Crippen LogP contribution in [0, 0.1) is 0 Å². The fourth-order valence-corrected chi connectivity index (χ4v) is 3.27. The molecule has 1 aliphatic carbocycles. The predicted octanol–water partition coefficient (Wildman–Crippen LogP) is 1.60. The average molecular weight is 287 g/mol. The lowest BCUT2D eigenvalue weighted by Gasteiger charge is -2.30. The van der Waals surface area contributed by atoms with Crippen LogP contribution in [0.1, 0.15) is 31.7 Å². The van der Waals surface area contributed by atoms with Gasteiger partial charge in [-0.15, -0.1) is 0 Å². The van der Waals surface area contributed by atoms with Crippen molar-refractivity contribution in [1.82, 2.24) is 9.80 Å². The molecule has 21 heavy (non-hydrogen) atoms. The third kappa shape index (κ3) is 3.44. The summed E-state index contributed by atoms with van der Waals surface area (Å²) in [5.41, 5.74) is 7.17. The molecule has 2 N–H and O–H groups in total. The third-order valence-corrected chi connectivity index (χ3v) is 4.47. The van der Waals surface area contributed by atoms with Crippen LogP contribution < -0.4 is 5.73 Å². The summed E-state index contributed by atoms with van der Waals surface area (Å²) >= 11 is 0. The van der Waals surface area contributed by atoms with E-state index >= 15 is 0 Å². The summed E-state index contributed by atoms with van der Waals surface area (Å²) in [6.07, 6.45) is 3.36. The fourth-order valence-electron chi connectivity index (χ4n) is 3.27. The molecular weight excluding hydrogens is 262 g/mol. The first-order valence-corrected chi connectivity index (χ1v) is 7.99. The molecule has 2 aliphatic rings. The second-order valence-electron chi connectivity index (χ2n) is 6.43. The molecule has 1 saturated heterocycles. The van der Waals surface area contributed by atoms with Crippen LogP contribution in [0.4, 0.5) is 0 Å². The van der Waals surface area contributed by atoms with E-state index in [-0.39, 0.29) is 11.9 Å². The third-order valence-electron chi connectivity index (χ3n) is 4.47. The van der Waals surface area contributed by atoms with E-state index in [2.05, 4.69) is 34.1 Å². The molecule has 2 atom stereocenters. The van der Waals surface area contributed by atoms with Crippen LogP contribution in [0.2, 0.25) is 0 Å². The van der Waals surface area contributed by atoms with Crippen molar-refractivity contribution < 1.29 is 4.79 Å². The summed E-state index contributed by atoms with van der Waals surface area (Å²) in [6, 6.07) is 11.0. The Morgan fingerprint density at radius 3 is 2.62 bits per heavy atom. The SMILES string of the molecule is CC(N)C(=O)N(C1CC1)[C@H]1CCN(Cc2ccccc2)C1. The number of carbonyl (C=O) groups excluding carboxylic acids is 1. The summed E-state index contributed by atoms with van der Waals surface area (Å²) in [5.74, 6) is 0.129. The molecule has 1 aromatic carbocycles. The van der Waals surface area contributed by atoms with E-state index < -0.39 is 0 Å². The number of amides is 1. The van der Waals surface area contributed by atoms with Gasteiger partial charge in [-0.05, 0) is 31.7 Å². The van der Waals surface area contributed by atoms with Gasteiger partial charge in [0.1, 0.15) is 0 Å². The van der Waals surface area contributed by atoms with E-state index in [4.69, 9.17) is 5.73 Å². The standard InChI is InChI=1S/C17H25N3O/c1-13(18)17(21)20(15-7-8-15)16-9-10-19(12-16)11-14-5-3-2-4-6-14/h2-6,13,15-16H,7-12,18H2,1H3/t13?,16-/m0/s1. The van der Waals surface area contributed by atoms with Crippen LogP contribution in [-0.4, -0.2) is 46.9 Å². The molecule has 3 rings (SSSR count). The minimum absolute atomic E-state index is 0.129. The maximum Gasteiger partial charge on any atom is 0.239 e. The topological polar surface area (TPSA) is 49.6 Å². The molecule has 0 radical (unpaired) electrons. The van der Waals surface area contributed by atoms with Gasteiger partial charge in [0, 0.05) is 31.7 Å². The van der Waals surface area contributed by atoms with E-state index in [0.29, 0.717) is 12.1 Å². The van der Waals surface area contributed by atoms with Gasteiger partial charge in [-0.3, -0.25) is 9.69 Å². The zero-order valence-corrected chi connectivity index (χ0v) is 12.7. The summed E-state index contributed by atoms with van der Waals surface area (Å²) in [4.78, 5) is 16.9. The first-order valence-electron chi connectivity index (χ1n) is 7.99. The van der Waals surface area contributed by atoms with Crippen LogP contribution in [0.3, 0.4) is 0 Å². The Bertz CT molecular complexity index is 484. The molecule has 4 nitrogen and oxygen atoms in total. The van der Waals surface area contributed by atoms with E-state index in [1.54, 1.807) is 6.92 Å². The highest BCUT2D eigenvalue weighted by molar-refractivity contribution is 5.82. The Morgan fingerprint density at radius 1 is 1.29 bits per heavy atom. The van der Waals surface area contributed by atoms with E-state index in [0.717, 1.165) is 38.9 Å². The molecule has 1 aromatic rings. The molecule has 2 fully saturated rings. The van der Waals surface area contributed by atoms with Crippen molar-refractivity contribution in [3.8, 4) is 0 Å². The Morgan fingerprint density at radius 2 is 2.00 bits per heavy atom. The second kappa shape index (κ2) is 6.16. The van der Waals surface area contributed by atoms with Crippen molar-refractivity contribution in [2.45, 2.75) is 50.9 Å². The van der Waals surface area contributed by atoms with Crippen molar-refractivity contribution >= 4 is 5.91 Å². The zero-order valence-electron chi connectivity index (χ0n) is 12.7. The minimum Gasteiger partial charge on any atom is -0.334 e. The van der Waals surface area contributed by atoms with Gasteiger partial charge in [-0.25, -0.2) is 0 Å². The molecule has 1 saturated carbocycles. The van der Waals surface area contributed by atoms with Gasteiger partial charge in [0.25, 0.3) is 0 Å². The Hall–Kier alpha value is -1.39. The number of benzene rings is 1. The molecule has 114 valence electrons. The van der Waals surface area contributed by atoms with E-state index in [1.165, 1.54) is 5.56 Å². The van der Waals surface area contributed by atoms with Gasteiger partial charge in [0.2, 0.25) is 5.91 Å². The molecular formula is C17H25N3O. The number of nitrogens with two attached hydrogens (primary N) is 1. The predicted molar refractivity (Wildman–Crippen MR) is 83.6 cm³/mol. The molecule has 1 aliphatic heterocycles. The van der Waals surface area contributed by atoms with Crippen LogP contribution >= 0.6 is 0 Å². The number of rotatable bonds is 5. The van der Waals surface area contributed by atoms with E-state index in [9.17, 15) is 4.79 Å². The lowest BCUT2D eigenvalue weighted by molar-refractivity contribution is -0.135. The zero-order chi connectivity index (χ0) is 14.8. The highest BCUT2D eigenvalue weighted by Crippen LogP contribution is 2.32. The molecule has 1 heterocycles. The van der Waals surface area contributed by atoms with Crippen LogP contribution in [0.5, 0.6) is 0 Å². The van der Waals surface area contributed by atoms with Crippen molar-refractivity contribution in [2.24, 2.45) is 5.73 Å². The summed E-state index contributed by atoms with van der Waals surface area (Å²) in [6.45, 7) is 4.81. The summed E-state index contributed by atoms with van der Waals surface area (Å²) < 4.78 is 0. The average Bonchev–Trinajstić information content (AvgIpc) is 3.20. The van der Waals surface area contributed by atoms with Crippen LogP contribution in [-0.2, 0) is 11.3 Å². The molecule has 1 unspecified atom stereocenters. The van der Waals surface area contributed by atoms with Crippen LogP contribution in [0.25, 0.3) is 0 Å². The number of hydrogen-bond acceptors (Lipinski definition) is 3. The van der Waals surface area contributed by atoms with Crippen molar-refractivity contribution in [2.75, 3.05) is 13.1 Å². The molecule has 0 aromatic heterocycles. The Balaban J connectivity index is 1.61. The number of hydrogen-bond donors (Lipinski definition) is 1. The monoisotopic (exact) mass is 287 g/mol. The number of likely N-dealkylation sites (tertiary alicyclic amines) is 1. The lowest BCUT2D eigenvalue weighted by atomic mass is 10.1.